The molecule has 0 bridgehead atoms. The monoisotopic (exact) mass is 852 g/mol. The van der Waals surface area contributed by atoms with Gasteiger partial charge in [0.2, 0.25) is 0 Å². The Morgan fingerprint density at radius 3 is 1.09 bits per heavy atom. The van der Waals surface area contributed by atoms with Gasteiger partial charge in [-0.25, -0.2) is 18.4 Å². The van der Waals surface area contributed by atoms with Gasteiger partial charge in [0.15, 0.2) is 12.2 Å². The molecule has 0 heterocycles. The molecule has 0 radical (unpaired) electrons. The standard InChI is InChI=1S/2C19H26F4O4S/c2*1-6-26-16(24)15(27-11-19(21,22)23)18(5,12-28(25)17(2,3)4)13-9-7-8-10-14(13)20/h2*7-10,15H,6,11-12H2,1-5H3/t15-,18+,28-;15-,18-,28+/m01/s1. The van der Waals surface area contributed by atoms with E-state index in [1.54, 1.807) is 41.5 Å². The first-order valence-electron chi connectivity index (χ1n) is 17.4. The van der Waals surface area contributed by atoms with E-state index in [4.69, 9.17) is 18.9 Å². The van der Waals surface area contributed by atoms with Gasteiger partial charge in [-0.15, -0.1) is 0 Å². The van der Waals surface area contributed by atoms with Crippen molar-refractivity contribution in [3.63, 3.8) is 0 Å². The molecule has 2 aromatic carbocycles. The van der Waals surface area contributed by atoms with Crippen LogP contribution in [0.15, 0.2) is 48.5 Å². The molecule has 0 spiro atoms. The summed E-state index contributed by atoms with van der Waals surface area (Å²) < 4.78 is 150. The van der Waals surface area contributed by atoms with Crippen LogP contribution < -0.4 is 0 Å². The van der Waals surface area contributed by atoms with Crippen LogP contribution in [0.4, 0.5) is 35.1 Å². The average molecular weight is 853 g/mol. The quantitative estimate of drug-likeness (QED) is 0.123. The molecule has 0 amide bonds. The summed E-state index contributed by atoms with van der Waals surface area (Å²) in [5.41, 5.74) is -3.43. The van der Waals surface area contributed by atoms with E-state index in [-0.39, 0.29) is 35.8 Å². The van der Waals surface area contributed by atoms with Crippen molar-refractivity contribution < 1.29 is 72.1 Å². The SMILES string of the molecule is CCOC(=O)[C@@H](OCC(F)(F)F)[C@](C)(C[S@](=O)C(C)(C)C)c1ccccc1F.CCOC(=O)[C@H](OCC(F)(F)F)[C@](C)(C[S@](=O)C(C)(C)C)c1ccccc1F. The van der Waals surface area contributed by atoms with Gasteiger partial charge in [0.05, 0.1) is 13.2 Å². The van der Waals surface area contributed by atoms with Gasteiger partial charge in [0, 0.05) is 53.4 Å². The van der Waals surface area contributed by atoms with Crippen molar-refractivity contribution in [1.29, 1.82) is 0 Å². The molecular weight excluding hydrogens is 801 g/mol. The Balaban J connectivity index is 0.000000560. The second kappa shape index (κ2) is 20.6. The van der Waals surface area contributed by atoms with E-state index < -0.39 is 103 Å². The Morgan fingerprint density at radius 1 is 0.571 bits per heavy atom. The smallest absolute Gasteiger partial charge is 0.411 e. The molecule has 0 aliphatic carbocycles. The van der Waals surface area contributed by atoms with Crippen molar-refractivity contribution in [1.82, 2.24) is 0 Å². The predicted molar refractivity (Wildman–Crippen MR) is 198 cm³/mol. The lowest BCUT2D eigenvalue weighted by molar-refractivity contribution is -0.201. The highest BCUT2D eigenvalue weighted by Crippen LogP contribution is 2.38. The molecule has 0 aromatic heterocycles. The highest BCUT2D eigenvalue weighted by atomic mass is 32.2. The van der Waals surface area contributed by atoms with Crippen molar-refractivity contribution in [3.05, 3.63) is 71.3 Å². The normalized spacial score (nSPS) is 16.9. The van der Waals surface area contributed by atoms with Crippen molar-refractivity contribution >= 4 is 33.5 Å². The van der Waals surface area contributed by atoms with Crippen LogP contribution in [0.2, 0.25) is 0 Å². The molecule has 0 saturated heterocycles. The third-order valence-corrected chi connectivity index (χ3v) is 12.6. The Morgan fingerprint density at radius 2 is 0.857 bits per heavy atom. The molecule has 6 atom stereocenters. The molecule has 18 heteroatoms. The van der Waals surface area contributed by atoms with E-state index in [0.29, 0.717) is 0 Å². The lowest BCUT2D eigenvalue weighted by atomic mass is 9.78. The fourth-order valence-corrected chi connectivity index (χ4v) is 7.80. The van der Waals surface area contributed by atoms with Crippen LogP contribution in [0.1, 0.15) is 80.4 Å². The summed E-state index contributed by atoms with van der Waals surface area (Å²) in [6.07, 6.45) is -13.0. The Kier molecular flexibility index (Phi) is 18.8. The number of ether oxygens (including phenoxy) is 4. The zero-order valence-electron chi connectivity index (χ0n) is 33.1. The van der Waals surface area contributed by atoms with Gasteiger partial charge < -0.3 is 18.9 Å². The number of esters is 2. The van der Waals surface area contributed by atoms with Crippen LogP contribution in [0.3, 0.4) is 0 Å². The van der Waals surface area contributed by atoms with E-state index in [2.05, 4.69) is 0 Å². The summed E-state index contributed by atoms with van der Waals surface area (Å²) in [5, 5.41) is 0. The highest BCUT2D eigenvalue weighted by Gasteiger charge is 2.49. The van der Waals surface area contributed by atoms with Crippen molar-refractivity contribution in [2.45, 2.75) is 114 Å². The number of carbonyl (C=O) groups is 2. The first-order chi connectivity index (χ1) is 25.4. The van der Waals surface area contributed by atoms with Gasteiger partial charge >= 0.3 is 24.3 Å². The molecule has 56 heavy (non-hydrogen) atoms. The number of hydrogen-bond acceptors (Lipinski definition) is 8. The molecule has 0 unspecified atom stereocenters. The van der Waals surface area contributed by atoms with Crippen LogP contribution in [0.25, 0.3) is 0 Å². The number of carbonyl (C=O) groups excluding carboxylic acids is 2. The van der Waals surface area contributed by atoms with Crippen molar-refractivity contribution in [3.8, 4) is 0 Å². The van der Waals surface area contributed by atoms with Crippen molar-refractivity contribution in [2.24, 2.45) is 0 Å². The minimum atomic E-state index is -4.70. The molecular formula is C38H52F8O8S2. The number of halogens is 8. The van der Waals surface area contributed by atoms with E-state index in [9.17, 15) is 53.1 Å². The average Bonchev–Trinajstić information content (AvgIpc) is 3.03. The number of hydrogen-bond donors (Lipinski definition) is 0. The maximum Gasteiger partial charge on any atom is 0.411 e. The summed E-state index contributed by atoms with van der Waals surface area (Å²) in [7, 11) is -3.23. The molecule has 0 fully saturated rings. The molecule has 0 N–H and O–H groups in total. The van der Waals surface area contributed by atoms with E-state index in [1.165, 1.54) is 64.1 Å². The minimum Gasteiger partial charge on any atom is -0.464 e. The van der Waals surface area contributed by atoms with Crippen LogP contribution in [0.5, 0.6) is 0 Å². The van der Waals surface area contributed by atoms with E-state index in [1.807, 2.05) is 0 Å². The van der Waals surface area contributed by atoms with Crippen LogP contribution in [0, 0.1) is 11.6 Å². The van der Waals surface area contributed by atoms with Gasteiger partial charge in [-0.2, -0.15) is 26.3 Å². The lowest BCUT2D eigenvalue weighted by Gasteiger charge is -2.38. The fourth-order valence-electron chi connectivity index (χ4n) is 5.23. The van der Waals surface area contributed by atoms with Gasteiger partial charge in [-0.05, 0) is 78.6 Å². The first-order valence-corrected chi connectivity index (χ1v) is 20.0. The Hall–Kier alpha value is -2.96. The van der Waals surface area contributed by atoms with Gasteiger partial charge in [0.25, 0.3) is 0 Å². The van der Waals surface area contributed by atoms with E-state index >= 15 is 0 Å². The summed E-state index contributed by atoms with van der Waals surface area (Å²) in [6.45, 7) is 12.2. The number of rotatable bonds is 16. The predicted octanol–water partition coefficient (Wildman–Crippen LogP) is 8.28. The van der Waals surface area contributed by atoms with Gasteiger partial charge in [-0.1, -0.05) is 50.2 Å². The van der Waals surface area contributed by atoms with Gasteiger partial charge in [0.1, 0.15) is 24.8 Å². The highest BCUT2D eigenvalue weighted by molar-refractivity contribution is 7.86. The molecule has 2 aromatic rings. The molecule has 0 aliphatic heterocycles. The molecule has 320 valence electrons. The summed E-state index contributed by atoms with van der Waals surface area (Å²) in [4.78, 5) is 25.0. The third kappa shape index (κ3) is 15.4. The van der Waals surface area contributed by atoms with Crippen LogP contribution >= 0.6 is 0 Å². The second-order valence-corrected chi connectivity index (χ2v) is 19.5. The fraction of sp³-hybridized carbons (Fsp3) is 0.632. The largest absolute Gasteiger partial charge is 0.464 e. The maximum atomic E-state index is 14.6. The first kappa shape index (κ1) is 51.1. The molecule has 0 aliphatic rings. The van der Waals surface area contributed by atoms with Crippen molar-refractivity contribution in [2.75, 3.05) is 37.9 Å². The van der Waals surface area contributed by atoms with E-state index in [0.717, 1.165) is 12.1 Å². The molecule has 8 nitrogen and oxygen atoms in total. The zero-order chi connectivity index (χ0) is 43.5. The van der Waals surface area contributed by atoms with Crippen LogP contribution in [-0.4, -0.2) is 92.3 Å². The maximum absolute atomic E-state index is 14.6. The lowest BCUT2D eigenvalue weighted by Crippen LogP contribution is -2.51. The Bertz CT molecular complexity index is 1520. The summed E-state index contributed by atoms with van der Waals surface area (Å²) in [6, 6.07) is 10.7. The summed E-state index contributed by atoms with van der Waals surface area (Å²) >= 11 is 0. The minimum absolute atomic E-state index is 0.0622. The topological polar surface area (TPSA) is 105 Å². The summed E-state index contributed by atoms with van der Waals surface area (Å²) in [5.74, 6) is -4.19. The third-order valence-electron chi connectivity index (χ3n) is 8.19. The molecule has 2 rings (SSSR count). The zero-order valence-corrected chi connectivity index (χ0v) is 34.8. The van der Waals surface area contributed by atoms with Gasteiger partial charge in [-0.3, -0.25) is 8.42 Å². The number of benzene rings is 2. The van der Waals surface area contributed by atoms with Crippen LogP contribution in [-0.2, 0) is 61.0 Å². The second-order valence-electron chi connectivity index (χ2n) is 15.1. The Labute approximate surface area is 328 Å². The number of alkyl halides is 6. The molecule has 0 saturated carbocycles.